The van der Waals surface area contributed by atoms with Gasteiger partial charge in [0.1, 0.15) is 5.75 Å². The molecule has 2 atom stereocenters. The molecule has 22 heavy (non-hydrogen) atoms. The number of carboxylic acid groups (broad SMARTS) is 1. The molecule has 0 radical (unpaired) electrons. The van der Waals surface area contributed by atoms with Crippen molar-refractivity contribution in [3.8, 4) is 5.75 Å². The first-order valence-electron chi connectivity index (χ1n) is 7.00. The van der Waals surface area contributed by atoms with Gasteiger partial charge in [0.15, 0.2) is 0 Å². The monoisotopic (exact) mass is 313 g/mol. The number of aliphatic carboxylic acids is 1. The summed E-state index contributed by atoms with van der Waals surface area (Å²) in [5.41, 5.74) is 0.753. The number of carboxylic acids is 1. The fraction of sp³-hybridized carbons (Fsp3) is 0.467. The molecular formula is C15H17F2NO4. The van der Waals surface area contributed by atoms with E-state index in [4.69, 9.17) is 5.11 Å². The third-order valence-corrected chi connectivity index (χ3v) is 3.77. The molecule has 1 aromatic carbocycles. The van der Waals surface area contributed by atoms with Gasteiger partial charge in [0.05, 0.1) is 5.92 Å². The minimum absolute atomic E-state index is 0.0603. The second-order valence-electron chi connectivity index (χ2n) is 5.29. The first-order chi connectivity index (χ1) is 10.5. The quantitative estimate of drug-likeness (QED) is 0.845. The average Bonchev–Trinajstić information content (AvgIpc) is 2.96. The van der Waals surface area contributed by atoms with Gasteiger partial charge in [-0.15, -0.1) is 0 Å². The normalized spacial score (nSPS) is 20.9. The van der Waals surface area contributed by atoms with E-state index in [1.807, 2.05) is 0 Å². The Labute approximate surface area is 126 Å². The van der Waals surface area contributed by atoms with Crippen molar-refractivity contribution in [2.24, 2.45) is 11.8 Å². The number of hydrogen-bond acceptors (Lipinski definition) is 3. The summed E-state index contributed by atoms with van der Waals surface area (Å²) in [6, 6.07) is 5.99. The van der Waals surface area contributed by atoms with Gasteiger partial charge in [-0.05, 0) is 37.0 Å². The maximum atomic E-state index is 12.0. The lowest BCUT2D eigenvalue weighted by molar-refractivity contribution is -0.141. The van der Waals surface area contributed by atoms with Crippen LogP contribution in [0.4, 0.5) is 8.78 Å². The Morgan fingerprint density at radius 1 is 1.23 bits per heavy atom. The van der Waals surface area contributed by atoms with E-state index in [1.54, 1.807) is 12.1 Å². The zero-order valence-corrected chi connectivity index (χ0v) is 11.8. The molecule has 0 heterocycles. The van der Waals surface area contributed by atoms with Gasteiger partial charge in [-0.25, -0.2) is 0 Å². The van der Waals surface area contributed by atoms with E-state index in [0.717, 1.165) is 5.56 Å². The summed E-state index contributed by atoms with van der Waals surface area (Å²) in [5, 5.41) is 11.7. The molecule has 7 heteroatoms. The van der Waals surface area contributed by atoms with Gasteiger partial charge >= 0.3 is 12.6 Å². The first kappa shape index (κ1) is 16.2. The number of benzene rings is 1. The number of ether oxygens (including phenoxy) is 1. The zero-order valence-electron chi connectivity index (χ0n) is 11.8. The molecule has 1 aliphatic rings. The number of nitrogens with one attached hydrogen (secondary N) is 1. The van der Waals surface area contributed by atoms with E-state index < -0.39 is 18.5 Å². The molecule has 0 bridgehead atoms. The highest BCUT2D eigenvalue weighted by Gasteiger charge is 2.33. The molecule has 0 saturated heterocycles. The zero-order chi connectivity index (χ0) is 16.1. The number of hydrogen-bond donors (Lipinski definition) is 2. The molecule has 0 unspecified atom stereocenters. The number of rotatable bonds is 6. The van der Waals surface area contributed by atoms with E-state index in [1.165, 1.54) is 12.1 Å². The van der Waals surface area contributed by atoms with Crippen molar-refractivity contribution in [3.63, 3.8) is 0 Å². The fourth-order valence-corrected chi connectivity index (χ4v) is 2.57. The van der Waals surface area contributed by atoms with Crippen LogP contribution in [-0.2, 0) is 16.1 Å². The molecule has 2 N–H and O–H groups in total. The minimum atomic E-state index is -2.87. The van der Waals surface area contributed by atoms with Crippen molar-refractivity contribution in [3.05, 3.63) is 29.8 Å². The Bertz CT molecular complexity index is 533. The summed E-state index contributed by atoms with van der Waals surface area (Å²) in [6.45, 7) is -2.60. The second kappa shape index (κ2) is 7.20. The van der Waals surface area contributed by atoms with Crippen molar-refractivity contribution < 1.29 is 28.2 Å². The van der Waals surface area contributed by atoms with Gasteiger partial charge in [-0.3, -0.25) is 9.59 Å². The topological polar surface area (TPSA) is 75.6 Å². The lowest BCUT2D eigenvalue weighted by Crippen LogP contribution is -2.29. The number of halogens is 2. The Morgan fingerprint density at radius 2 is 1.86 bits per heavy atom. The van der Waals surface area contributed by atoms with Crippen LogP contribution in [0.3, 0.4) is 0 Å². The Balaban J connectivity index is 1.80. The van der Waals surface area contributed by atoms with Crippen molar-refractivity contribution in [2.45, 2.75) is 32.4 Å². The van der Waals surface area contributed by atoms with Gasteiger partial charge in [0.25, 0.3) is 0 Å². The van der Waals surface area contributed by atoms with Gasteiger partial charge in [-0.2, -0.15) is 8.78 Å². The van der Waals surface area contributed by atoms with E-state index in [2.05, 4.69) is 10.1 Å². The van der Waals surface area contributed by atoms with Crippen LogP contribution < -0.4 is 10.1 Å². The van der Waals surface area contributed by atoms with Crippen molar-refractivity contribution in [1.29, 1.82) is 0 Å². The molecule has 1 amide bonds. The number of carbonyl (C=O) groups excluding carboxylic acids is 1. The molecule has 1 aliphatic carbocycles. The molecule has 0 aliphatic heterocycles. The Morgan fingerprint density at radius 3 is 2.41 bits per heavy atom. The molecule has 2 rings (SSSR count). The summed E-state index contributed by atoms with van der Waals surface area (Å²) < 4.78 is 28.3. The van der Waals surface area contributed by atoms with E-state index in [-0.39, 0.29) is 24.1 Å². The highest BCUT2D eigenvalue weighted by molar-refractivity contribution is 5.80. The molecule has 0 aromatic heterocycles. The van der Waals surface area contributed by atoms with Crippen LogP contribution in [0.1, 0.15) is 24.8 Å². The second-order valence-corrected chi connectivity index (χ2v) is 5.29. The maximum Gasteiger partial charge on any atom is 0.387 e. The molecule has 1 aromatic rings. The largest absolute Gasteiger partial charge is 0.481 e. The fourth-order valence-electron chi connectivity index (χ4n) is 2.57. The van der Waals surface area contributed by atoms with Crippen LogP contribution in [0.5, 0.6) is 5.75 Å². The number of alkyl halides is 2. The molecule has 1 saturated carbocycles. The summed E-state index contributed by atoms with van der Waals surface area (Å²) in [6.07, 6.45) is 1.46. The predicted octanol–water partition coefficient (Wildman–Crippen LogP) is 2.41. The molecule has 120 valence electrons. The molecule has 0 spiro atoms. The van der Waals surface area contributed by atoms with Gasteiger partial charge in [0.2, 0.25) is 5.91 Å². The van der Waals surface area contributed by atoms with Crippen LogP contribution >= 0.6 is 0 Å². The highest BCUT2D eigenvalue weighted by atomic mass is 19.3. The maximum absolute atomic E-state index is 12.0. The summed E-state index contributed by atoms with van der Waals surface area (Å²) in [7, 11) is 0. The van der Waals surface area contributed by atoms with Crippen LogP contribution in [0.15, 0.2) is 24.3 Å². The Kier molecular flexibility index (Phi) is 5.30. The van der Waals surface area contributed by atoms with Crippen LogP contribution in [0.25, 0.3) is 0 Å². The average molecular weight is 313 g/mol. The van der Waals surface area contributed by atoms with Gasteiger partial charge < -0.3 is 15.2 Å². The SMILES string of the molecule is O=C(O)[C@@H]1CC[C@H](C(=O)NCc2ccc(OC(F)F)cc2)C1. The third kappa shape index (κ3) is 4.41. The molecular weight excluding hydrogens is 296 g/mol. The van der Waals surface area contributed by atoms with Crippen molar-refractivity contribution in [1.82, 2.24) is 5.32 Å². The third-order valence-electron chi connectivity index (χ3n) is 3.77. The summed E-state index contributed by atoms with van der Waals surface area (Å²) in [5.74, 6) is -1.68. The van der Waals surface area contributed by atoms with Crippen LogP contribution in [-0.4, -0.2) is 23.6 Å². The standard InChI is InChI=1S/C15H17F2NO4/c16-15(17)22-12-5-1-9(2-6-12)8-18-13(19)10-3-4-11(7-10)14(20)21/h1-2,5-6,10-11,15H,3-4,7-8H2,(H,18,19)(H,20,21)/t10-,11+/m0/s1. The summed E-state index contributed by atoms with van der Waals surface area (Å²) >= 11 is 0. The van der Waals surface area contributed by atoms with Crippen molar-refractivity contribution >= 4 is 11.9 Å². The highest BCUT2D eigenvalue weighted by Crippen LogP contribution is 2.31. The summed E-state index contributed by atoms with van der Waals surface area (Å²) in [4.78, 5) is 22.8. The van der Waals surface area contributed by atoms with Crippen molar-refractivity contribution in [2.75, 3.05) is 0 Å². The minimum Gasteiger partial charge on any atom is -0.481 e. The van der Waals surface area contributed by atoms with E-state index >= 15 is 0 Å². The number of carbonyl (C=O) groups is 2. The lowest BCUT2D eigenvalue weighted by atomic mass is 10.0. The van der Waals surface area contributed by atoms with Gasteiger partial charge in [-0.1, -0.05) is 12.1 Å². The van der Waals surface area contributed by atoms with Gasteiger partial charge in [0, 0.05) is 12.5 Å². The molecule has 5 nitrogen and oxygen atoms in total. The van der Waals surface area contributed by atoms with E-state index in [9.17, 15) is 18.4 Å². The Hall–Kier alpha value is -2.18. The molecule has 1 fully saturated rings. The number of amides is 1. The predicted molar refractivity (Wildman–Crippen MR) is 73.4 cm³/mol. The van der Waals surface area contributed by atoms with Crippen LogP contribution in [0, 0.1) is 11.8 Å². The smallest absolute Gasteiger partial charge is 0.387 e. The van der Waals surface area contributed by atoms with E-state index in [0.29, 0.717) is 19.3 Å². The first-order valence-corrected chi connectivity index (χ1v) is 7.00. The van der Waals surface area contributed by atoms with Crippen LogP contribution in [0.2, 0.25) is 0 Å². The lowest BCUT2D eigenvalue weighted by Gasteiger charge is -2.11.